The lowest BCUT2D eigenvalue weighted by Crippen LogP contribution is -2.62. The number of rotatable bonds is 4. The SMILES string of the molecule is CC1(C(=O)NC2CCCC2)COc2c(oc3ccccc23)C(=O)N1Cc1ccccc1F. The van der Waals surface area contributed by atoms with Crippen LogP contribution in [0.3, 0.4) is 0 Å². The molecule has 1 fully saturated rings. The molecule has 0 saturated heterocycles. The van der Waals surface area contributed by atoms with Gasteiger partial charge >= 0.3 is 0 Å². The van der Waals surface area contributed by atoms with Gasteiger partial charge in [-0.05, 0) is 38.0 Å². The molecule has 7 heteroatoms. The molecule has 166 valence electrons. The van der Waals surface area contributed by atoms with Gasteiger partial charge in [0.05, 0.1) is 11.9 Å². The highest BCUT2D eigenvalue weighted by Crippen LogP contribution is 2.39. The third kappa shape index (κ3) is 3.42. The maximum absolute atomic E-state index is 14.5. The number of hydrogen-bond donors (Lipinski definition) is 1. The smallest absolute Gasteiger partial charge is 0.294 e. The van der Waals surface area contributed by atoms with Gasteiger partial charge in [0.15, 0.2) is 11.3 Å². The normalized spacial score (nSPS) is 21.3. The Morgan fingerprint density at radius 1 is 1.16 bits per heavy atom. The molecular weight excluding hydrogens is 411 g/mol. The number of carbonyl (C=O) groups is 2. The number of carbonyl (C=O) groups excluding carboxylic acids is 2. The number of furan rings is 1. The first kappa shape index (κ1) is 20.5. The van der Waals surface area contributed by atoms with Gasteiger partial charge in [-0.25, -0.2) is 4.39 Å². The monoisotopic (exact) mass is 436 g/mol. The topological polar surface area (TPSA) is 71.8 Å². The molecule has 1 aromatic heterocycles. The van der Waals surface area contributed by atoms with Crippen molar-refractivity contribution >= 4 is 22.8 Å². The fourth-order valence-electron chi connectivity index (χ4n) is 4.59. The van der Waals surface area contributed by atoms with Crippen molar-refractivity contribution in [2.75, 3.05) is 6.61 Å². The van der Waals surface area contributed by atoms with E-state index < -0.39 is 17.3 Å². The summed E-state index contributed by atoms with van der Waals surface area (Å²) in [6.07, 6.45) is 3.96. The molecule has 0 radical (unpaired) electrons. The highest BCUT2D eigenvalue weighted by Gasteiger charge is 2.48. The van der Waals surface area contributed by atoms with Crippen molar-refractivity contribution in [3.63, 3.8) is 0 Å². The van der Waals surface area contributed by atoms with E-state index in [4.69, 9.17) is 9.15 Å². The summed E-state index contributed by atoms with van der Waals surface area (Å²) >= 11 is 0. The Hall–Kier alpha value is -3.35. The van der Waals surface area contributed by atoms with Gasteiger partial charge in [0, 0.05) is 11.6 Å². The lowest BCUT2D eigenvalue weighted by atomic mass is 9.97. The van der Waals surface area contributed by atoms with Crippen molar-refractivity contribution in [3.8, 4) is 5.75 Å². The molecule has 0 bridgehead atoms. The van der Waals surface area contributed by atoms with Crippen LogP contribution in [0.25, 0.3) is 11.0 Å². The number of hydrogen-bond acceptors (Lipinski definition) is 4. The lowest BCUT2D eigenvalue weighted by molar-refractivity contribution is -0.134. The summed E-state index contributed by atoms with van der Waals surface area (Å²) in [6, 6.07) is 13.5. The van der Waals surface area contributed by atoms with E-state index in [-0.39, 0.29) is 30.9 Å². The molecular formula is C25H25FN2O4. The summed E-state index contributed by atoms with van der Waals surface area (Å²) in [7, 11) is 0. The highest BCUT2D eigenvalue weighted by molar-refractivity contribution is 6.04. The Labute approximate surface area is 185 Å². The second-order valence-corrected chi connectivity index (χ2v) is 8.76. The minimum absolute atomic E-state index is 0.0277. The molecule has 1 saturated carbocycles. The van der Waals surface area contributed by atoms with E-state index in [0.29, 0.717) is 22.3 Å². The summed E-state index contributed by atoms with van der Waals surface area (Å²) in [6.45, 7) is 1.52. The number of ether oxygens (including phenoxy) is 1. The first-order valence-corrected chi connectivity index (χ1v) is 11.0. The molecule has 1 aliphatic carbocycles. The molecule has 2 amide bonds. The van der Waals surface area contributed by atoms with Crippen molar-refractivity contribution in [2.24, 2.45) is 0 Å². The third-order valence-electron chi connectivity index (χ3n) is 6.55. The van der Waals surface area contributed by atoms with Gasteiger partial charge in [0.1, 0.15) is 18.0 Å². The predicted octanol–water partition coefficient (Wildman–Crippen LogP) is 4.42. The van der Waals surface area contributed by atoms with Gasteiger partial charge in [0.25, 0.3) is 5.91 Å². The van der Waals surface area contributed by atoms with E-state index in [1.165, 1.54) is 11.0 Å². The second kappa shape index (κ2) is 7.97. The van der Waals surface area contributed by atoms with Crippen LogP contribution in [0.5, 0.6) is 5.75 Å². The Kier molecular flexibility index (Phi) is 5.12. The molecule has 6 nitrogen and oxygen atoms in total. The number of para-hydroxylation sites is 1. The number of benzene rings is 2. The van der Waals surface area contributed by atoms with E-state index in [9.17, 15) is 14.0 Å². The zero-order chi connectivity index (χ0) is 22.3. The Morgan fingerprint density at radius 2 is 1.88 bits per heavy atom. The summed E-state index contributed by atoms with van der Waals surface area (Å²) in [4.78, 5) is 28.6. The number of fused-ring (bicyclic) bond motifs is 3. The number of halogens is 1. The molecule has 2 aromatic carbocycles. The predicted molar refractivity (Wildman–Crippen MR) is 117 cm³/mol. The maximum Gasteiger partial charge on any atom is 0.294 e. The minimum Gasteiger partial charge on any atom is -0.486 e. The van der Waals surface area contributed by atoms with Crippen LogP contribution in [0.2, 0.25) is 0 Å². The molecule has 2 heterocycles. The molecule has 32 heavy (non-hydrogen) atoms. The Balaban J connectivity index is 1.57. The van der Waals surface area contributed by atoms with E-state index in [1.807, 2.05) is 18.2 Å². The van der Waals surface area contributed by atoms with Gasteiger partial charge in [-0.2, -0.15) is 0 Å². The fraction of sp³-hybridized carbons (Fsp3) is 0.360. The van der Waals surface area contributed by atoms with Gasteiger partial charge < -0.3 is 19.4 Å². The summed E-state index contributed by atoms with van der Waals surface area (Å²) < 4.78 is 26.4. The maximum atomic E-state index is 14.5. The van der Waals surface area contributed by atoms with Crippen molar-refractivity contribution in [1.82, 2.24) is 10.2 Å². The van der Waals surface area contributed by atoms with Crippen LogP contribution in [0, 0.1) is 5.82 Å². The van der Waals surface area contributed by atoms with Crippen LogP contribution in [0.15, 0.2) is 52.9 Å². The Morgan fingerprint density at radius 3 is 2.66 bits per heavy atom. The zero-order valence-corrected chi connectivity index (χ0v) is 17.9. The summed E-state index contributed by atoms with van der Waals surface area (Å²) in [5.74, 6) is -0.889. The third-order valence-corrected chi connectivity index (χ3v) is 6.55. The van der Waals surface area contributed by atoms with Crippen LogP contribution in [-0.2, 0) is 11.3 Å². The Bertz CT molecular complexity index is 1180. The average molecular weight is 436 g/mol. The number of amides is 2. The largest absolute Gasteiger partial charge is 0.486 e. The molecule has 2 aliphatic rings. The van der Waals surface area contributed by atoms with Crippen molar-refractivity contribution in [3.05, 3.63) is 65.7 Å². The average Bonchev–Trinajstić information content (AvgIpc) is 3.42. The van der Waals surface area contributed by atoms with Crippen molar-refractivity contribution in [1.29, 1.82) is 0 Å². The van der Waals surface area contributed by atoms with Crippen LogP contribution < -0.4 is 10.1 Å². The summed E-state index contributed by atoms with van der Waals surface area (Å²) in [5.41, 5.74) is -0.499. The standard InChI is InChI=1S/C25H25FN2O4/c1-25(24(30)27-17-9-3-4-10-17)15-31-21-18-11-5-7-13-20(18)32-22(21)23(29)28(25)14-16-8-2-6-12-19(16)26/h2,5-8,11-13,17H,3-4,9-10,14-15H2,1H3,(H,27,30). The molecule has 1 aliphatic heterocycles. The zero-order valence-electron chi connectivity index (χ0n) is 17.9. The highest BCUT2D eigenvalue weighted by atomic mass is 19.1. The lowest BCUT2D eigenvalue weighted by Gasteiger charge is -2.38. The van der Waals surface area contributed by atoms with Crippen LogP contribution in [0.4, 0.5) is 4.39 Å². The molecule has 3 aromatic rings. The fourth-order valence-corrected chi connectivity index (χ4v) is 4.59. The number of nitrogens with one attached hydrogen (secondary N) is 1. The van der Waals surface area contributed by atoms with E-state index in [1.54, 1.807) is 31.2 Å². The van der Waals surface area contributed by atoms with Crippen molar-refractivity contribution in [2.45, 2.75) is 50.7 Å². The number of nitrogens with zero attached hydrogens (tertiary/aromatic N) is 1. The van der Waals surface area contributed by atoms with Crippen LogP contribution in [-0.4, -0.2) is 34.9 Å². The molecule has 1 atom stereocenters. The minimum atomic E-state index is -1.34. The van der Waals surface area contributed by atoms with Crippen LogP contribution in [0.1, 0.15) is 48.7 Å². The first-order valence-electron chi connectivity index (χ1n) is 11.0. The quantitative estimate of drug-likeness (QED) is 0.657. The summed E-state index contributed by atoms with van der Waals surface area (Å²) in [5, 5.41) is 3.76. The molecule has 5 rings (SSSR count). The van der Waals surface area contributed by atoms with Gasteiger partial charge in [-0.3, -0.25) is 9.59 Å². The van der Waals surface area contributed by atoms with Gasteiger partial charge in [0.2, 0.25) is 11.7 Å². The molecule has 0 spiro atoms. The molecule has 1 unspecified atom stereocenters. The van der Waals surface area contributed by atoms with Gasteiger partial charge in [-0.1, -0.05) is 43.2 Å². The van der Waals surface area contributed by atoms with E-state index >= 15 is 0 Å². The first-order chi connectivity index (χ1) is 15.5. The van der Waals surface area contributed by atoms with Crippen molar-refractivity contribution < 1.29 is 23.1 Å². The van der Waals surface area contributed by atoms with Crippen LogP contribution >= 0.6 is 0 Å². The molecule has 1 N–H and O–H groups in total. The van der Waals surface area contributed by atoms with E-state index in [0.717, 1.165) is 25.7 Å². The van der Waals surface area contributed by atoms with Gasteiger partial charge in [-0.15, -0.1) is 0 Å². The van der Waals surface area contributed by atoms with E-state index in [2.05, 4.69) is 5.32 Å². The second-order valence-electron chi connectivity index (χ2n) is 8.76.